The fourth-order valence-corrected chi connectivity index (χ4v) is 3.14. The molecule has 1 aromatic heterocycles. The number of nitrogens with one attached hydrogen (secondary N) is 1. The molecule has 1 N–H and O–H groups in total. The van der Waals surface area contributed by atoms with E-state index in [9.17, 15) is 9.59 Å². The quantitative estimate of drug-likeness (QED) is 0.914. The Morgan fingerprint density at radius 1 is 1.30 bits per heavy atom. The largest absolute Gasteiger partial charge is 0.338 e. The summed E-state index contributed by atoms with van der Waals surface area (Å²) >= 11 is 1.38. The number of aryl methyl sites for hydroxylation is 1. The zero-order chi connectivity index (χ0) is 16.2. The van der Waals surface area contributed by atoms with Crippen molar-refractivity contribution in [3.05, 3.63) is 40.4 Å². The van der Waals surface area contributed by atoms with E-state index in [1.54, 1.807) is 12.1 Å². The lowest BCUT2D eigenvalue weighted by molar-refractivity contribution is -0.128. The highest BCUT2D eigenvalue weighted by Gasteiger charge is 2.20. The minimum Gasteiger partial charge on any atom is -0.338 e. The van der Waals surface area contributed by atoms with Crippen LogP contribution in [0.3, 0.4) is 0 Å². The molecular weight excluding hydrogens is 312 g/mol. The number of hydrogen-bond acceptors (Lipinski definition) is 5. The van der Waals surface area contributed by atoms with Gasteiger partial charge in [0.1, 0.15) is 5.01 Å². The fourth-order valence-electron chi connectivity index (χ4n) is 2.47. The van der Waals surface area contributed by atoms with Crippen molar-refractivity contribution in [3.8, 4) is 0 Å². The van der Waals surface area contributed by atoms with Gasteiger partial charge in [0.2, 0.25) is 11.0 Å². The zero-order valence-corrected chi connectivity index (χ0v) is 13.7. The number of carbonyl (C=O) groups excluding carboxylic acids is 2. The van der Waals surface area contributed by atoms with Crippen LogP contribution in [0.15, 0.2) is 24.3 Å². The fraction of sp³-hybridized carbons (Fsp3) is 0.375. The summed E-state index contributed by atoms with van der Waals surface area (Å²) in [7, 11) is 0. The van der Waals surface area contributed by atoms with Gasteiger partial charge in [-0.2, -0.15) is 0 Å². The Kier molecular flexibility index (Phi) is 4.66. The van der Waals surface area contributed by atoms with Crippen molar-refractivity contribution in [1.29, 1.82) is 0 Å². The summed E-state index contributed by atoms with van der Waals surface area (Å²) in [4.78, 5) is 25.7. The highest BCUT2D eigenvalue weighted by Crippen LogP contribution is 2.18. The Morgan fingerprint density at radius 3 is 2.70 bits per heavy atom. The molecule has 2 aromatic rings. The summed E-state index contributed by atoms with van der Waals surface area (Å²) in [5, 5.41) is 12.1. The van der Waals surface area contributed by atoms with Crippen LogP contribution in [0, 0.1) is 0 Å². The Morgan fingerprint density at radius 2 is 2.09 bits per heavy atom. The third kappa shape index (κ3) is 3.73. The Hall–Kier alpha value is -2.28. The molecule has 0 saturated carbocycles. The lowest BCUT2D eigenvalue weighted by atomic mass is 10.1. The third-order valence-corrected chi connectivity index (χ3v) is 4.73. The SMILES string of the molecule is CCc1nnc(NC(=O)c2ccc(CN3CCCC3=O)cc2)s1. The van der Waals surface area contributed by atoms with Crippen molar-refractivity contribution in [3.63, 3.8) is 0 Å². The molecule has 0 atom stereocenters. The molecule has 0 unspecified atom stereocenters. The van der Waals surface area contributed by atoms with Gasteiger partial charge < -0.3 is 4.90 Å². The average molecular weight is 330 g/mol. The van der Waals surface area contributed by atoms with Crippen LogP contribution in [-0.2, 0) is 17.8 Å². The van der Waals surface area contributed by atoms with Crippen molar-refractivity contribution in [2.24, 2.45) is 0 Å². The molecule has 0 radical (unpaired) electrons. The summed E-state index contributed by atoms with van der Waals surface area (Å²) in [6.07, 6.45) is 2.38. The van der Waals surface area contributed by atoms with Crippen LogP contribution in [0.25, 0.3) is 0 Å². The standard InChI is InChI=1S/C16H18N4O2S/c1-2-13-18-19-16(23-13)17-15(22)12-7-5-11(6-8-12)10-20-9-3-4-14(20)21/h5-8H,2-4,9-10H2,1H3,(H,17,19,22). The first kappa shape index (κ1) is 15.6. The maximum atomic E-state index is 12.2. The highest BCUT2D eigenvalue weighted by atomic mass is 32.1. The second-order valence-electron chi connectivity index (χ2n) is 5.42. The maximum absolute atomic E-state index is 12.2. The molecule has 1 aliphatic rings. The molecule has 0 spiro atoms. The van der Waals surface area contributed by atoms with Gasteiger partial charge in [-0.25, -0.2) is 0 Å². The molecule has 1 aliphatic heterocycles. The number of amides is 2. The Bertz CT molecular complexity index is 711. The van der Waals surface area contributed by atoms with Gasteiger partial charge in [0.15, 0.2) is 0 Å². The highest BCUT2D eigenvalue weighted by molar-refractivity contribution is 7.15. The van der Waals surface area contributed by atoms with Crippen molar-refractivity contribution in [2.75, 3.05) is 11.9 Å². The summed E-state index contributed by atoms with van der Waals surface area (Å²) in [5.74, 6) is 0.00224. The van der Waals surface area contributed by atoms with E-state index in [1.807, 2.05) is 24.0 Å². The van der Waals surface area contributed by atoms with E-state index in [2.05, 4.69) is 15.5 Å². The predicted octanol–water partition coefficient (Wildman–Crippen LogP) is 2.48. The van der Waals surface area contributed by atoms with Gasteiger partial charge in [0.25, 0.3) is 5.91 Å². The summed E-state index contributed by atoms with van der Waals surface area (Å²) in [6, 6.07) is 7.32. The van der Waals surface area contributed by atoms with Crippen LogP contribution in [0.4, 0.5) is 5.13 Å². The number of hydrogen-bond donors (Lipinski definition) is 1. The van der Waals surface area contributed by atoms with Crippen LogP contribution in [0.2, 0.25) is 0 Å². The normalized spacial score (nSPS) is 14.3. The van der Waals surface area contributed by atoms with Crippen molar-refractivity contribution >= 4 is 28.3 Å². The zero-order valence-electron chi connectivity index (χ0n) is 12.9. The van der Waals surface area contributed by atoms with E-state index in [1.165, 1.54) is 11.3 Å². The third-order valence-electron chi connectivity index (χ3n) is 3.75. The molecule has 2 amide bonds. The molecule has 1 saturated heterocycles. The molecule has 1 aromatic carbocycles. The van der Waals surface area contributed by atoms with E-state index in [-0.39, 0.29) is 11.8 Å². The van der Waals surface area contributed by atoms with E-state index in [0.29, 0.717) is 23.7 Å². The number of rotatable bonds is 5. The Balaban J connectivity index is 1.61. The van der Waals surface area contributed by atoms with Crippen LogP contribution < -0.4 is 5.32 Å². The number of benzene rings is 1. The predicted molar refractivity (Wildman–Crippen MR) is 88.3 cm³/mol. The first-order chi connectivity index (χ1) is 11.2. The lowest BCUT2D eigenvalue weighted by Gasteiger charge is -2.15. The number of likely N-dealkylation sites (tertiary alicyclic amines) is 1. The number of anilines is 1. The summed E-state index contributed by atoms with van der Waals surface area (Å²) in [5.41, 5.74) is 1.59. The monoisotopic (exact) mass is 330 g/mol. The second-order valence-corrected chi connectivity index (χ2v) is 6.49. The van der Waals surface area contributed by atoms with Gasteiger partial charge in [-0.1, -0.05) is 30.4 Å². The van der Waals surface area contributed by atoms with E-state index in [0.717, 1.165) is 30.0 Å². The average Bonchev–Trinajstić information content (AvgIpc) is 3.17. The molecule has 3 rings (SSSR count). The molecule has 2 heterocycles. The van der Waals surface area contributed by atoms with Gasteiger partial charge in [0, 0.05) is 25.1 Å². The first-order valence-corrected chi connectivity index (χ1v) is 8.48. The van der Waals surface area contributed by atoms with Gasteiger partial charge in [0.05, 0.1) is 0 Å². The minimum atomic E-state index is -0.201. The van der Waals surface area contributed by atoms with Gasteiger partial charge >= 0.3 is 0 Å². The van der Waals surface area contributed by atoms with E-state index in [4.69, 9.17) is 0 Å². The smallest absolute Gasteiger partial charge is 0.257 e. The second kappa shape index (κ2) is 6.87. The number of aromatic nitrogens is 2. The Labute approximate surface area is 138 Å². The van der Waals surface area contributed by atoms with Crippen molar-refractivity contribution in [2.45, 2.75) is 32.7 Å². The number of carbonyl (C=O) groups is 2. The first-order valence-electron chi connectivity index (χ1n) is 7.66. The molecule has 120 valence electrons. The minimum absolute atomic E-state index is 0.201. The summed E-state index contributed by atoms with van der Waals surface area (Å²) in [6.45, 7) is 3.42. The molecule has 7 heteroatoms. The van der Waals surface area contributed by atoms with E-state index < -0.39 is 0 Å². The van der Waals surface area contributed by atoms with Crippen molar-refractivity contribution in [1.82, 2.24) is 15.1 Å². The lowest BCUT2D eigenvalue weighted by Crippen LogP contribution is -2.23. The van der Waals surface area contributed by atoms with Crippen LogP contribution >= 0.6 is 11.3 Å². The molecule has 0 aliphatic carbocycles. The van der Waals surface area contributed by atoms with Gasteiger partial charge in [-0.05, 0) is 30.5 Å². The topological polar surface area (TPSA) is 75.2 Å². The van der Waals surface area contributed by atoms with Crippen LogP contribution in [0.5, 0.6) is 0 Å². The molecule has 1 fully saturated rings. The molecule has 0 bridgehead atoms. The number of nitrogens with zero attached hydrogens (tertiary/aromatic N) is 3. The van der Waals surface area contributed by atoms with Gasteiger partial charge in [-0.3, -0.25) is 14.9 Å². The van der Waals surface area contributed by atoms with Gasteiger partial charge in [-0.15, -0.1) is 10.2 Å². The molecular formula is C16H18N4O2S. The summed E-state index contributed by atoms with van der Waals surface area (Å²) < 4.78 is 0. The van der Waals surface area contributed by atoms with Crippen LogP contribution in [-0.4, -0.2) is 33.5 Å². The van der Waals surface area contributed by atoms with E-state index >= 15 is 0 Å². The molecule has 6 nitrogen and oxygen atoms in total. The maximum Gasteiger partial charge on any atom is 0.257 e. The molecule has 23 heavy (non-hydrogen) atoms. The van der Waals surface area contributed by atoms with Crippen molar-refractivity contribution < 1.29 is 9.59 Å². The van der Waals surface area contributed by atoms with Crippen LogP contribution in [0.1, 0.15) is 40.7 Å².